The number of aromatic nitrogens is 2. The highest BCUT2D eigenvalue weighted by Gasteiger charge is 2.11. The Balaban J connectivity index is 1.69. The third kappa shape index (κ3) is 3.68. The number of thioether (sulfide) groups is 1. The van der Waals surface area contributed by atoms with Gasteiger partial charge in [-0.2, -0.15) is 4.98 Å². The molecule has 0 saturated heterocycles. The minimum atomic E-state index is -0.607. The lowest BCUT2D eigenvalue weighted by Gasteiger charge is -2.00. The van der Waals surface area contributed by atoms with Gasteiger partial charge < -0.3 is 9.26 Å². The summed E-state index contributed by atoms with van der Waals surface area (Å²) in [6.45, 7) is 0. The molecule has 0 N–H and O–H groups in total. The fourth-order valence-electron chi connectivity index (χ4n) is 1.90. The quantitative estimate of drug-likeness (QED) is 0.651. The molecular formula is C16H12F2N2O2S. The SMILES string of the molecule is COc1ccc(-c2noc(CSc3ccc(F)cc3F)n2)cc1. The van der Waals surface area contributed by atoms with Crippen LogP contribution in [0, 0.1) is 11.6 Å². The van der Waals surface area contributed by atoms with Crippen molar-refractivity contribution in [3.8, 4) is 17.1 Å². The highest BCUT2D eigenvalue weighted by atomic mass is 32.2. The Kier molecular flexibility index (Phi) is 4.57. The van der Waals surface area contributed by atoms with E-state index < -0.39 is 11.6 Å². The van der Waals surface area contributed by atoms with Crippen LogP contribution in [0.3, 0.4) is 0 Å². The van der Waals surface area contributed by atoms with E-state index in [1.807, 2.05) is 12.1 Å². The fraction of sp³-hybridized carbons (Fsp3) is 0.125. The van der Waals surface area contributed by atoms with E-state index in [9.17, 15) is 8.78 Å². The van der Waals surface area contributed by atoms with E-state index >= 15 is 0 Å². The number of benzene rings is 2. The summed E-state index contributed by atoms with van der Waals surface area (Å²) in [4.78, 5) is 4.59. The average Bonchev–Trinajstić information content (AvgIpc) is 3.03. The lowest BCUT2D eigenvalue weighted by molar-refractivity contribution is 0.391. The summed E-state index contributed by atoms with van der Waals surface area (Å²) in [5.41, 5.74) is 0.791. The monoisotopic (exact) mass is 334 g/mol. The second-order valence-corrected chi connectivity index (χ2v) is 5.62. The first-order valence-corrected chi connectivity index (χ1v) is 7.69. The van der Waals surface area contributed by atoms with Crippen molar-refractivity contribution in [2.24, 2.45) is 0 Å². The van der Waals surface area contributed by atoms with Crippen LogP contribution in [0.1, 0.15) is 5.89 Å². The van der Waals surface area contributed by atoms with E-state index in [1.165, 1.54) is 23.9 Å². The number of rotatable bonds is 5. The van der Waals surface area contributed by atoms with Crippen LogP contribution >= 0.6 is 11.8 Å². The second-order valence-electron chi connectivity index (χ2n) is 4.60. The zero-order valence-corrected chi connectivity index (χ0v) is 12.9. The average molecular weight is 334 g/mol. The van der Waals surface area contributed by atoms with Gasteiger partial charge in [-0.1, -0.05) is 5.16 Å². The molecule has 7 heteroatoms. The van der Waals surface area contributed by atoms with Gasteiger partial charge in [0.15, 0.2) is 0 Å². The minimum absolute atomic E-state index is 0.297. The molecular weight excluding hydrogens is 322 g/mol. The zero-order chi connectivity index (χ0) is 16.2. The molecule has 1 heterocycles. The zero-order valence-electron chi connectivity index (χ0n) is 12.1. The molecule has 0 unspecified atom stereocenters. The fourth-order valence-corrected chi connectivity index (χ4v) is 2.66. The number of ether oxygens (including phenoxy) is 1. The van der Waals surface area contributed by atoms with Crippen LogP contribution in [0.5, 0.6) is 5.75 Å². The predicted octanol–water partition coefficient (Wildman–Crippen LogP) is 4.32. The van der Waals surface area contributed by atoms with Gasteiger partial charge in [0.2, 0.25) is 11.7 Å². The first-order valence-electron chi connectivity index (χ1n) is 6.70. The number of halogens is 2. The molecule has 0 aliphatic rings. The molecule has 0 fully saturated rings. The van der Waals surface area contributed by atoms with Gasteiger partial charge in [0.05, 0.1) is 12.9 Å². The van der Waals surface area contributed by atoms with Gasteiger partial charge in [-0.3, -0.25) is 0 Å². The Bertz CT molecular complexity index is 806. The molecule has 2 aromatic carbocycles. The van der Waals surface area contributed by atoms with Crippen LogP contribution in [0.4, 0.5) is 8.78 Å². The van der Waals surface area contributed by atoms with E-state index in [-0.39, 0.29) is 0 Å². The van der Waals surface area contributed by atoms with E-state index in [4.69, 9.17) is 9.26 Å². The van der Waals surface area contributed by atoms with Crippen molar-refractivity contribution in [1.29, 1.82) is 0 Å². The number of nitrogens with zero attached hydrogens (tertiary/aromatic N) is 2. The van der Waals surface area contributed by atoms with E-state index in [2.05, 4.69) is 10.1 Å². The maximum atomic E-state index is 13.6. The smallest absolute Gasteiger partial charge is 0.237 e. The summed E-state index contributed by atoms with van der Waals surface area (Å²) < 4.78 is 36.7. The molecule has 0 aliphatic heterocycles. The number of hydrogen-bond acceptors (Lipinski definition) is 5. The van der Waals surface area contributed by atoms with Crippen molar-refractivity contribution >= 4 is 11.8 Å². The second kappa shape index (κ2) is 6.78. The highest BCUT2D eigenvalue weighted by Crippen LogP contribution is 2.26. The molecule has 23 heavy (non-hydrogen) atoms. The minimum Gasteiger partial charge on any atom is -0.497 e. The molecule has 4 nitrogen and oxygen atoms in total. The molecule has 3 aromatic rings. The van der Waals surface area contributed by atoms with Gasteiger partial charge in [-0.05, 0) is 36.4 Å². The van der Waals surface area contributed by atoms with Crippen LogP contribution in [-0.4, -0.2) is 17.3 Å². The molecule has 0 spiro atoms. The molecule has 1 aromatic heterocycles. The molecule has 3 rings (SSSR count). The lowest BCUT2D eigenvalue weighted by atomic mass is 10.2. The van der Waals surface area contributed by atoms with Crippen molar-refractivity contribution in [3.63, 3.8) is 0 Å². The van der Waals surface area contributed by atoms with Crippen molar-refractivity contribution in [3.05, 3.63) is 60.0 Å². The first kappa shape index (κ1) is 15.5. The highest BCUT2D eigenvalue weighted by molar-refractivity contribution is 7.98. The van der Waals surface area contributed by atoms with Crippen LogP contribution in [0.2, 0.25) is 0 Å². The largest absolute Gasteiger partial charge is 0.497 e. The Labute approximate surface area is 135 Å². The third-order valence-electron chi connectivity index (χ3n) is 3.06. The van der Waals surface area contributed by atoms with Crippen molar-refractivity contribution in [2.45, 2.75) is 10.6 Å². The summed E-state index contributed by atoms with van der Waals surface area (Å²) >= 11 is 1.17. The molecule has 0 saturated carbocycles. The van der Waals surface area contributed by atoms with Gasteiger partial charge >= 0.3 is 0 Å². The third-order valence-corrected chi connectivity index (χ3v) is 4.09. The van der Waals surface area contributed by atoms with Gasteiger partial charge in [0, 0.05) is 16.5 Å². The lowest BCUT2D eigenvalue weighted by Crippen LogP contribution is -1.87. The topological polar surface area (TPSA) is 48.2 Å². The summed E-state index contributed by atoms with van der Waals surface area (Å²) in [5, 5.41) is 3.90. The molecule has 0 atom stereocenters. The van der Waals surface area contributed by atoms with Gasteiger partial charge in [-0.15, -0.1) is 11.8 Å². The molecule has 0 radical (unpaired) electrons. The predicted molar refractivity (Wildman–Crippen MR) is 82.2 cm³/mol. The Hall–Kier alpha value is -2.41. The summed E-state index contributed by atoms with van der Waals surface area (Å²) in [7, 11) is 1.59. The maximum Gasteiger partial charge on any atom is 0.237 e. The van der Waals surface area contributed by atoms with E-state index in [0.717, 1.165) is 17.4 Å². The van der Waals surface area contributed by atoms with Crippen LogP contribution < -0.4 is 4.74 Å². The van der Waals surface area contributed by atoms with Gasteiger partial charge in [0.25, 0.3) is 0 Å². The van der Waals surface area contributed by atoms with Crippen molar-refractivity contribution in [2.75, 3.05) is 7.11 Å². The van der Waals surface area contributed by atoms with Crippen molar-refractivity contribution < 1.29 is 18.0 Å². The number of methoxy groups -OCH3 is 1. The Morgan fingerprint density at radius 3 is 2.61 bits per heavy atom. The van der Waals surface area contributed by atoms with E-state index in [0.29, 0.717) is 22.4 Å². The maximum absolute atomic E-state index is 13.6. The van der Waals surface area contributed by atoms with Crippen LogP contribution in [-0.2, 0) is 5.75 Å². The molecule has 0 amide bonds. The van der Waals surface area contributed by atoms with Gasteiger partial charge in [-0.25, -0.2) is 8.78 Å². The van der Waals surface area contributed by atoms with E-state index in [1.54, 1.807) is 19.2 Å². The van der Waals surface area contributed by atoms with Crippen molar-refractivity contribution in [1.82, 2.24) is 10.1 Å². The van der Waals surface area contributed by atoms with Crippen LogP contribution in [0.25, 0.3) is 11.4 Å². The number of hydrogen-bond donors (Lipinski definition) is 0. The molecule has 118 valence electrons. The first-order chi connectivity index (χ1) is 11.2. The Morgan fingerprint density at radius 2 is 1.91 bits per heavy atom. The summed E-state index contributed by atoms with van der Waals surface area (Å²) in [6.07, 6.45) is 0. The normalized spacial score (nSPS) is 10.7. The summed E-state index contributed by atoms with van der Waals surface area (Å²) in [5.74, 6) is 0.634. The molecule has 0 bridgehead atoms. The molecule has 0 aliphatic carbocycles. The van der Waals surface area contributed by atoms with Gasteiger partial charge in [0.1, 0.15) is 17.4 Å². The van der Waals surface area contributed by atoms with Crippen LogP contribution in [0.15, 0.2) is 51.9 Å². The summed E-state index contributed by atoms with van der Waals surface area (Å²) in [6, 6.07) is 10.7. The Morgan fingerprint density at radius 1 is 1.13 bits per heavy atom. The standard InChI is InChI=1S/C16H12F2N2O2S/c1-21-12-5-2-10(3-6-12)16-19-15(22-20-16)9-23-14-7-4-11(17)8-13(14)18/h2-8H,9H2,1H3.